The Morgan fingerprint density at radius 1 is 1.15 bits per heavy atom. The molecule has 2 aliphatic rings. The summed E-state index contributed by atoms with van der Waals surface area (Å²) in [6.07, 6.45) is 7.13. The molecule has 4 rings (SSSR count). The lowest BCUT2D eigenvalue weighted by Crippen LogP contribution is -2.18. The van der Waals surface area contributed by atoms with Gasteiger partial charge < -0.3 is 5.32 Å². The van der Waals surface area contributed by atoms with Gasteiger partial charge in [-0.05, 0) is 56.0 Å². The number of likely N-dealkylation sites (tertiary alicyclic amines) is 1. The molecule has 0 saturated carbocycles. The van der Waals surface area contributed by atoms with Crippen molar-refractivity contribution in [1.82, 2.24) is 9.88 Å². The fourth-order valence-corrected chi connectivity index (χ4v) is 3.47. The van der Waals surface area contributed by atoms with Gasteiger partial charge in [-0.25, -0.2) is 0 Å². The number of aryl methyl sites for hydroxylation is 1. The smallest absolute Gasteiger partial charge is 0.0726 e. The molecule has 20 heavy (non-hydrogen) atoms. The normalized spacial score (nSPS) is 19.0. The number of benzene rings is 1. The molecule has 0 radical (unpaired) electrons. The molecule has 0 unspecified atom stereocenters. The molecular weight excluding hydrogens is 246 g/mol. The van der Waals surface area contributed by atoms with Gasteiger partial charge in [0.25, 0.3) is 0 Å². The molecule has 0 aliphatic carbocycles. The van der Waals surface area contributed by atoms with Gasteiger partial charge in [-0.1, -0.05) is 12.1 Å². The summed E-state index contributed by atoms with van der Waals surface area (Å²) in [7, 11) is 0. The number of nitrogens with zero attached hydrogens (tertiary/aromatic N) is 2. The molecule has 0 bridgehead atoms. The van der Waals surface area contributed by atoms with Crippen LogP contribution < -0.4 is 5.32 Å². The average molecular weight is 267 g/mol. The van der Waals surface area contributed by atoms with Crippen LogP contribution in [0.4, 0.5) is 5.69 Å². The Morgan fingerprint density at radius 3 is 2.95 bits per heavy atom. The molecule has 1 fully saturated rings. The van der Waals surface area contributed by atoms with Crippen molar-refractivity contribution in [3.63, 3.8) is 0 Å². The standard InChI is InChI=1S/C17H21N3/c1-2-9-20(8-1)12-13-5-6-15-16(10-13)19-11-14-4-3-7-18-17(14)15/h5-6,10-11,18H,1-4,7-9,12H2. The lowest BCUT2D eigenvalue weighted by atomic mass is 10.0. The molecule has 1 aromatic heterocycles. The largest absolute Gasteiger partial charge is 0.384 e. The van der Waals surface area contributed by atoms with Crippen molar-refractivity contribution in [3.8, 4) is 0 Å². The molecule has 3 heteroatoms. The molecule has 104 valence electrons. The number of anilines is 1. The van der Waals surface area contributed by atoms with E-state index >= 15 is 0 Å². The first-order valence-electron chi connectivity index (χ1n) is 7.77. The van der Waals surface area contributed by atoms with E-state index in [2.05, 4.69) is 39.6 Å². The van der Waals surface area contributed by atoms with Crippen molar-refractivity contribution in [2.75, 3.05) is 25.0 Å². The Bertz CT molecular complexity index is 629. The van der Waals surface area contributed by atoms with Gasteiger partial charge in [0.1, 0.15) is 0 Å². The summed E-state index contributed by atoms with van der Waals surface area (Å²) in [6, 6.07) is 6.80. The Labute approximate surface area is 120 Å². The predicted octanol–water partition coefficient (Wildman–Crippen LogP) is 3.19. The molecule has 2 aliphatic heterocycles. The number of hydrogen-bond acceptors (Lipinski definition) is 3. The van der Waals surface area contributed by atoms with Crippen LogP contribution in [0.2, 0.25) is 0 Å². The summed E-state index contributed by atoms with van der Waals surface area (Å²) in [5.74, 6) is 0. The van der Waals surface area contributed by atoms with E-state index < -0.39 is 0 Å². The van der Waals surface area contributed by atoms with Gasteiger partial charge in [-0.15, -0.1) is 0 Å². The Hall–Kier alpha value is -1.61. The Morgan fingerprint density at radius 2 is 2.05 bits per heavy atom. The zero-order valence-corrected chi connectivity index (χ0v) is 11.9. The van der Waals surface area contributed by atoms with Gasteiger partial charge in [0.15, 0.2) is 0 Å². The van der Waals surface area contributed by atoms with E-state index in [1.165, 1.54) is 54.6 Å². The summed E-state index contributed by atoms with van der Waals surface area (Å²) in [6.45, 7) is 4.65. The summed E-state index contributed by atoms with van der Waals surface area (Å²) < 4.78 is 0. The molecular formula is C17H21N3. The minimum absolute atomic E-state index is 1.07. The van der Waals surface area contributed by atoms with Crippen molar-refractivity contribution < 1.29 is 0 Å². The highest BCUT2D eigenvalue weighted by molar-refractivity contribution is 5.93. The van der Waals surface area contributed by atoms with Crippen molar-refractivity contribution in [3.05, 3.63) is 35.5 Å². The first-order valence-corrected chi connectivity index (χ1v) is 7.77. The fourth-order valence-electron chi connectivity index (χ4n) is 3.47. The minimum Gasteiger partial charge on any atom is -0.384 e. The molecule has 0 spiro atoms. The number of fused-ring (bicyclic) bond motifs is 3. The topological polar surface area (TPSA) is 28.2 Å². The van der Waals surface area contributed by atoms with E-state index in [0.717, 1.165) is 25.0 Å². The Kier molecular flexibility index (Phi) is 3.07. The van der Waals surface area contributed by atoms with Crippen LogP contribution in [0.5, 0.6) is 0 Å². The number of pyridine rings is 1. The molecule has 3 heterocycles. The first kappa shape index (κ1) is 12.2. The fraction of sp³-hybridized carbons (Fsp3) is 0.471. The first-order chi connectivity index (χ1) is 9.90. The second kappa shape index (κ2) is 5.06. The minimum atomic E-state index is 1.07. The Balaban J connectivity index is 1.69. The maximum atomic E-state index is 4.67. The van der Waals surface area contributed by atoms with Crippen LogP contribution in [-0.2, 0) is 13.0 Å². The highest BCUT2D eigenvalue weighted by Gasteiger charge is 2.15. The van der Waals surface area contributed by atoms with Crippen LogP contribution in [0.1, 0.15) is 30.4 Å². The quantitative estimate of drug-likeness (QED) is 0.905. The maximum absolute atomic E-state index is 4.67. The highest BCUT2D eigenvalue weighted by Crippen LogP contribution is 2.30. The van der Waals surface area contributed by atoms with Crippen LogP contribution in [0.25, 0.3) is 10.9 Å². The van der Waals surface area contributed by atoms with Gasteiger partial charge in [0, 0.05) is 30.4 Å². The van der Waals surface area contributed by atoms with E-state index in [9.17, 15) is 0 Å². The van der Waals surface area contributed by atoms with Crippen LogP contribution in [0.15, 0.2) is 24.4 Å². The van der Waals surface area contributed by atoms with E-state index in [-0.39, 0.29) is 0 Å². The molecule has 3 nitrogen and oxygen atoms in total. The average Bonchev–Trinajstić information content (AvgIpc) is 3.00. The van der Waals surface area contributed by atoms with Crippen LogP contribution >= 0.6 is 0 Å². The monoisotopic (exact) mass is 267 g/mol. The lowest BCUT2D eigenvalue weighted by Gasteiger charge is -2.20. The van der Waals surface area contributed by atoms with Crippen molar-refractivity contribution >= 4 is 16.6 Å². The van der Waals surface area contributed by atoms with Crippen LogP contribution in [0.3, 0.4) is 0 Å². The molecule has 1 saturated heterocycles. The molecule has 2 aromatic rings. The second-order valence-electron chi connectivity index (χ2n) is 6.02. The summed E-state index contributed by atoms with van der Waals surface area (Å²) in [5.41, 5.74) is 5.21. The van der Waals surface area contributed by atoms with E-state index in [0.29, 0.717) is 0 Å². The van der Waals surface area contributed by atoms with E-state index in [1.54, 1.807) is 0 Å². The SMILES string of the molecule is c1cc2c3c(cnc2cc1CN1CCCC1)CCCN3. The molecule has 0 atom stereocenters. The summed E-state index contributed by atoms with van der Waals surface area (Å²) >= 11 is 0. The zero-order chi connectivity index (χ0) is 13.4. The molecule has 1 N–H and O–H groups in total. The van der Waals surface area contributed by atoms with E-state index in [4.69, 9.17) is 0 Å². The number of hydrogen-bond donors (Lipinski definition) is 1. The van der Waals surface area contributed by atoms with Gasteiger partial charge in [-0.3, -0.25) is 9.88 Å². The van der Waals surface area contributed by atoms with E-state index in [1.807, 2.05) is 0 Å². The number of aromatic nitrogens is 1. The third-order valence-corrected chi connectivity index (χ3v) is 4.54. The third kappa shape index (κ3) is 2.16. The van der Waals surface area contributed by atoms with Gasteiger partial charge in [0.05, 0.1) is 5.52 Å². The molecule has 1 aromatic carbocycles. The van der Waals surface area contributed by atoms with Gasteiger partial charge in [-0.2, -0.15) is 0 Å². The van der Waals surface area contributed by atoms with Gasteiger partial charge in [0.2, 0.25) is 0 Å². The zero-order valence-electron chi connectivity index (χ0n) is 11.9. The third-order valence-electron chi connectivity index (χ3n) is 4.54. The highest BCUT2D eigenvalue weighted by atomic mass is 15.1. The molecule has 0 amide bonds. The van der Waals surface area contributed by atoms with Crippen molar-refractivity contribution in [2.45, 2.75) is 32.2 Å². The van der Waals surface area contributed by atoms with Crippen LogP contribution in [-0.4, -0.2) is 29.5 Å². The lowest BCUT2D eigenvalue weighted by molar-refractivity contribution is 0.331. The number of rotatable bonds is 2. The van der Waals surface area contributed by atoms with Crippen LogP contribution in [0, 0.1) is 0 Å². The van der Waals surface area contributed by atoms with Crippen molar-refractivity contribution in [2.24, 2.45) is 0 Å². The summed E-state index contributed by atoms with van der Waals surface area (Å²) in [5, 5.41) is 4.83. The maximum Gasteiger partial charge on any atom is 0.0726 e. The van der Waals surface area contributed by atoms with Crippen molar-refractivity contribution in [1.29, 1.82) is 0 Å². The van der Waals surface area contributed by atoms with Gasteiger partial charge >= 0.3 is 0 Å². The summed E-state index contributed by atoms with van der Waals surface area (Å²) in [4.78, 5) is 7.21. The number of nitrogens with one attached hydrogen (secondary N) is 1. The second-order valence-corrected chi connectivity index (χ2v) is 6.02. The predicted molar refractivity (Wildman–Crippen MR) is 83.1 cm³/mol.